The van der Waals surface area contributed by atoms with E-state index in [0.717, 1.165) is 25.9 Å². The van der Waals surface area contributed by atoms with Crippen molar-refractivity contribution in [3.63, 3.8) is 0 Å². The van der Waals surface area contributed by atoms with Crippen molar-refractivity contribution in [1.82, 2.24) is 10.4 Å². The van der Waals surface area contributed by atoms with E-state index in [1.807, 2.05) is 13.8 Å². The smallest absolute Gasteiger partial charge is 0.242 e. The lowest BCUT2D eigenvalue weighted by Gasteiger charge is -2.34. The zero-order valence-electron chi connectivity index (χ0n) is 8.89. The molecule has 3 heteroatoms. The molecular formula is C10H20N2O. The standard InChI is InChI=1S/C10H20N2O/c1-4-10(2,3)9(13)12-8-6-5-7-11-12/h11H,4-8H2,1-3H3. The Labute approximate surface area is 80.5 Å². The maximum atomic E-state index is 11.9. The lowest BCUT2D eigenvalue weighted by atomic mass is 9.89. The van der Waals surface area contributed by atoms with Gasteiger partial charge in [0.25, 0.3) is 0 Å². The van der Waals surface area contributed by atoms with Gasteiger partial charge in [0.1, 0.15) is 0 Å². The second kappa shape index (κ2) is 4.09. The summed E-state index contributed by atoms with van der Waals surface area (Å²) >= 11 is 0. The Morgan fingerprint density at radius 1 is 1.46 bits per heavy atom. The van der Waals surface area contributed by atoms with Crippen LogP contribution in [0, 0.1) is 5.41 Å². The van der Waals surface area contributed by atoms with Gasteiger partial charge in [-0.3, -0.25) is 9.80 Å². The number of rotatable bonds is 2. The second-order valence-corrected chi connectivity index (χ2v) is 4.31. The lowest BCUT2D eigenvalue weighted by molar-refractivity contribution is -0.145. The van der Waals surface area contributed by atoms with Crippen molar-refractivity contribution >= 4 is 5.91 Å². The van der Waals surface area contributed by atoms with Crippen LogP contribution in [0.4, 0.5) is 0 Å². The van der Waals surface area contributed by atoms with Crippen LogP contribution in [0.5, 0.6) is 0 Å². The van der Waals surface area contributed by atoms with Crippen LogP contribution in [0.2, 0.25) is 0 Å². The zero-order valence-corrected chi connectivity index (χ0v) is 8.89. The Bertz CT molecular complexity index is 183. The van der Waals surface area contributed by atoms with E-state index in [2.05, 4.69) is 12.3 Å². The van der Waals surface area contributed by atoms with E-state index in [0.29, 0.717) is 0 Å². The molecule has 1 rings (SSSR count). The predicted molar refractivity (Wildman–Crippen MR) is 53.0 cm³/mol. The van der Waals surface area contributed by atoms with Gasteiger partial charge < -0.3 is 0 Å². The first-order valence-electron chi connectivity index (χ1n) is 5.13. The van der Waals surface area contributed by atoms with E-state index in [1.54, 1.807) is 5.01 Å². The highest BCUT2D eigenvalue weighted by molar-refractivity contribution is 5.81. The molecule has 1 aliphatic heterocycles. The van der Waals surface area contributed by atoms with Crippen LogP contribution in [-0.2, 0) is 4.79 Å². The van der Waals surface area contributed by atoms with Crippen LogP contribution in [0.25, 0.3) is 0 Å². The lowest BCUT2D eigenvalue weighted by Crippen LogP contribution is -2.51. The summed E-state index contributed by atoms with van der Waals surface area (Å²) in [5, 5.41) is 1.78. The summed E-state index contributed by atoms with van der Waals surface area (Å²) in [4.78, 5) is 11.9. The largest absolute Gasteiger partial charge is 0.278 e. The van der Waals surface area contributed by atoms with Gasteiger partial charge in [-0.25, -0.2) is 5.43 Å². The van der Waals surface area contributed by atoms with Crippen molar-refractivity contribution in [2.24, 2.45) is 5.41 Å². The zero-order chi connectivity index (χ0) is 9.90. The quantitative estimate of drug-likeness (QED) is 0.706. The van der Waals surface area contributed by atoms with Crippen LogP contribution >= 0.6 is 0 Å². The number of nitrogens with zero attached hydrogens (tertiary/aromatic N) is 1. The molecule has 1 saturated heterocycles. The highest BCUT2D eigenvalue weighted by Gasteiger charge is 2.30. The molecule has 0 spiro atoms. The summed E-state index contributed by atoms with van der Waals surface area (Å²) in [6.07, 6.45) is 3.19. The number of hydrogen-bond donors (Lipinski definition) is 1. The molecule has 76 valence electrons. The minimum atomic E-state index is -0.218. The fraction of sp³-hybridized carbons (Fsp3) is 0.900. The average Bonchev–Trinajstić information content (AvgIpc) is 2.18. The van der Waals surface area contributed by atoms with Crippen LogP contribution in [0.3, 0.4) is 0 Å². The van der Waals surface area contributed by atoms with Gasteiger partial charge in [0.2, 0.25) is 5.91 Å². The maximum Gasteiger partial charge on any atom is 0.242 e. The molecule has 1 heterocycles. The van der Waals surface area contributed by atoms with Crippen molar-refractivity contribution < 1.29 is 4.79 Å². The first kappa shape index (κ1) is 10.5. The third-order valence-electron chi connectivity index (χ3n) is 2.82. The highest BCUT2D eigenvalue weighted by Crippen LogP contribution is 2.22. The van der Waals surface area contributed by atoms with E-state index >= 15 is 0 Å². The summed E-state index contributed by atoms with van der Waals surface area (Å²) in [6.45, 7) is 7.87. The number of hydrazine groups is 1. The number of amides is 1. The molecule has 0 aliphatic carbocycles. The topological polar surface area (TPSA) is 32.3 Å². The fourth-order valence-corrected chi connectivity index (χ4v) is 1.38. The van der Waals surface area contributed by atoms with Gasteiger partial charge in [-0.1, -0.05) is 20.8 Å². The molecule has 0 unspecified atom stereocenters. The van der Waals surface area contributed by atoms with Crippen molar-refractivity contribution in [3.8, 4) is 0 Å². The van der Waals surface area contributed by atoms with E-state index in [-0.39, 0.29) is 11.3 Å². The molecule has 0 aromatic carbocycles. The van der Waals surface area contributed by atoms with Crippen LogP contribution in [0.1, 0.15) is 40.0 Å². The van der Waals surface area contributed by atoms with Gasteiger partial charge in [-0.2, -0.15) is 0 Å². The molecule has 1 amide bonds. The minimum absolute atomic E-state index is 0.218. The first-order chi connectivity index (χ1) is 6.08. The molecular weight excluding hydrogens is 164 g/mol. The SMILES string of the molecule is CCC(C)(C)C(=O)N1CCCCN1. The third kappa shape index (κ3) is 2.44. The number of carbonyl (C=O) groups excluding carboxylic acids is 1. The molecule has 1 N–H and O–H groups in total. The van der Waals surface area contributed by atoms with E-state index < -0.39 is 0 Å². The summed E-state index contributed by atoms with van der Waals surface area (Å²) in [6, 6.07) is 0. The number of carbonyl (C=O) groups is 1. The fourth-order valence-electron chi connectivity index (χ4n) is 1.38. The molecule has 0 atom stereocenters. The molecule has 0 radical (unpaired) electrons. The van der Waals surface area contributed by atoms with Gasteiger partial charge in [0.15, 0.2) is 0 Å². The average molecular weight is 184 g/mol. The van der Waals surface area contributed by atoms with Crippen molar-refractivity contribution in [2.45, 2.75) is 40.0 Å². The predicted octanol–water partition coefficient (Wildman–Crippen LogP) is 1.55. The minimum Gasteiger partial charge on any atom is -0.278 e. The normalized spacial score (nSPS) is 18.8. The van der Waals surface area contributed by atoms with Gasteiger partial charge in [0.05, 0.1) is 0 Å². The molecule has 0 saturated carbocycles. The Balaban J connectivity index is 2.55. The van der Waals surface area contributed by atoms with Gasteiger partial charge >= 0.3 is 0 Å². The maximum absolute atomic E-state index is 11.9. The summed E-state index contributed by atoms with van der Waals surface area (Å²) < 4.78 is 0. The first-order valence-corrected chi connectivity index (χ1v) is 5.13. The molecule has 0 aromatic rings. The third-order valence-corrected chi connectivity index (χ3v) is 2.82. The van der Waals surface area contributed by atoms with E-state index in [1.165, 1.54) is 6.42 Å². The summed E-state index contributed by atoms with van der Waals surface area (Å²) in [7, 11) is 0. The van der Waals surface area contributed by atoms with Gasteiger partial charge in [-0.15, -0.1) is 0 Å². The second-order valence-electron chi connectivity index (χ2n) is 4.31. The summed E-state index contributed by atoms with van der Waals surface area (Å²) in [5.41, 5.74) is 2.93. The molecule has 0 bridgehead atoms. The van der Waals surface area contributed by atoms with Crippen LogP contribution < -0.4 is 5.43 Å². The van der Waals surface area contributed by atoms with Crippen molar-refractivity contribution in [1.29, 1.82) is 0 Å². The molecule has 13 heavy (non-hydrogen) atoms. The Hall–Kier alpha value is -0.570. The number of nitrogens with one attached hydrogen (secondary N) is 1. The van der Waals surface area contributed by atoms with Crippen LogP contribution in [-0.4, -0.2) is 24.0 Å². The van der Waals surface area contributed by atoms with Crippen molar-refractivity contribution in [3.05, 3.63) is 0 Å². The molecule has 1 aliphatic rings. The molecule has 0 aromatic heterocycles. The van der Waals surface area contributed by atoms with Crippen molar-refractivity contribution in [2.75, 3.05) is 13.1 Å². The van der Waals surface area contributed by atoms with Crippen LogP contribution in [0.15, 0.2) is 0 Å². The Morgan fingerprint density at radius 3 is 2.62 bits per heavy atom. The molecule has 3 nitrogen and oxygen atoms in total. The summed E-state index contributed by atoms with van der Waals surface area (Å²) in [5.74, 6) is 0.231. The highest BCUT2D eigenvalue weighted by atomic mass is 16.2. The van der Waals surface area contributed by atoms with E-state index in [4.69, 9.17) is 0 Å². The van der Waals surface area contributed by atoms with E-state index in [9.17, 15) is 4.79 Å². The molecule has 1 fully saturated rings. The Kier molecular flexibility index (Phi) is 3.31. The monoisotopic (exact) mass is 184 g/mol. The van der Waals surface area contributed by atoms with Gasteiger partial charge in [0, 0.05) is 18.5 Å². The Morgan fingerprint density at radius 2 is 2.15 bits per heavy atom. The number of hydrogen-bond acceptors (Lipinski definition) is 2. The van der Waals surface area contributed by atoms with Gasteiger partial charge in [-0.05, 0) is 19.3 Å².